The number of thioether (sulfide) groups is 1. The quantitative estimate of drug-likeness (QED) is 0.525. The summed E-state index contributed by atoms with van der Waals surface area (Å²) in [6, 6.07) is 9.12. The smallest absolute Gasteiger partial charge is 0.288 e. The molecule has 1 amide bonds. The predicted octanol–water partition coefficient (Wildman–Crippen LogP) is 3.92. The van der Waals surface area contributed by atoms with Crippen LogP contribution in [-0.4, -0.2) is 47.3 Å². The van der Waals surface area contributed by atoms with Gasteiger partial charge in [-0.3, -0.25) is 9.59 Å². The Hall–Kier alpha value is -3.14. The molecule has 7 nitrogen and oxygen atoms in total. The van der Waals surface area contributed by atoms with Gasteiger partial charge in [-0.1, -0.05) is 11.8 Å². The fourth-order valence-electron chi connectivity index (χ4n) is 3.06. The van der Waals surface area contributed by atoms with Crippen molar-refractivity contribution in [2.24, 2.45) is 0 Å². The van der Waals surface area contributed by atoms with Crippen molar-refractivity contribution in [3.05, 3.63) is 58.1 Å². The molecule has 0 aliphatic rings. The molecule has 0 radical (unpaired) electrons. The van der Waals surface area contributed by atoms with Gasteiger partial charge in [0.25, 0.3) is 17.2 Å². The highest BCUT2D eigenvalue weighted by Gasteiger charge is 2.18. The number of halogens is 2. The summed E-state index contributed by atoms with van der Waals surface area (Å²) in [4.78, 5) is 34.4. The van der Waals surface area contributed by atoms with Crippen LogP contribution in [0.4, 0.5) is 8.78 Å². The van der Waals surface area contributed by atoms with Gasteiger partial charge in [-0.25, -0.2) is 4.98 Å². The third-order valence-electron chi connectivity index (χ3n) is 4.60. The molecule has 0 atom stereocenters. The van der Waals surface area contributed by atoms with E-state index in [4.69, 9.17) is 9.47 Å². The Morgan fingerprint density at radius 3 is 2.39 bits per heavy atom. The third kappa shape index (κ3) is 5.13. The van der Waals surface area contributed by atoms with Gasteiger partial charge in [0, 0.05) is 23.1 Å². The van der Waals surface area contributed by atoms with E-state index in [0.29, 0.717) is 57.0 Å². The number of aromatic amines is 1. The molecule has 164 valence electrons. The average Bonchev–Trinajstić information content (AvgIpc) is 2.76. The first kappa shape index (κ1) is 22.5. The summed E-state index contributed by atoms with van der Waals surface area (Å²) < 4.78 is 35.4. The number of amides is 1. The number of hydrogen-bond donors (Lipinski definition) is 1. The number of carbonyl (C=O) groups excluding carboxylic acids is 1. The van der Waals surface area contributed by atoms with Crippen LogP contribution in [0.3, 0.4) is 0 Å². The number of rotatable bonds is 8. The van der Waals surface area contributed by atoms with Crippen LogP contribution in [0.25, 0.3) is 10.9 Å². The van der Waals surface area contributed by atoms with Crippen LogP contribution in [0.5, 0.6) is 11.5 Å². The Kier molecular flexibility index (Phi) is 7.11. The lowest BCUT2D eigenvalue weighted by molar-refractivity contribution is 0.0748. The van der Waals surface area contributed by atoms with Gasteiger partial charge in [0.2, 0.25) is 0 Å². The molecule has 3 aromatic rings. The summed E-state index contributed by atoms with van der Waals surface area (Å²) in [6.07, 6.45) is 0. The van der Waals surface area contributed by atoms with E-state index in [-0.39, 0.29) is 18.0 Å². The van der Waals surface area contributed by atoms with Gasteiger partial charge in [0.1, 0.15) is 5.82 Å². The SMILES string of the molecule is CCN(Cc1nc2cc(OC)c(OC)cc2c(=O)[nH]1)C(=O)c1ccc(SC(F)F)cc1. The number of nitrogens with zero attached hydrogens (tertiary/aromatic N) is 2. The first-order valence-electron chi connectivity index (χ1n) is 9.35. The number of ether oxygens (including phenoxy) is 2. The average molecular weight is 449 g/mol. The van der Waals surface area contributed by atoms with Gasteiger partial charge in [-0.15, -0.1) is 0 Å². The molecule has 31 heavy (non-hydrogen) atoms. The molecule has 1 heterocycles. The van der Waals surface area contributed by atoms with Crippen molar-refractivity contribution >= 4 is 28.6 Å². The largest absolute Gasteiger partial charge is 0.493 e. The summed E-state index contributed by atoms with van der Waals surface area (Å²) in [5, 5.41) is 0.336. The van der Waals surface area contributed by atoms with Crippen molar-refractivity contribution in [1.82, 2.24) is 14.9 Å². The van der Waals surface area contributed by atoms with Crippen molar-refractivity contribution in [3.63, 3.8) is 0 Å². The van der Waals surface area contributed by atoms with E-state index >= 15 is 0 Å². The summed E-state index contributed by atoms with van der Waals surface area (Å²) >= 11 is 0.417. The van der Waals surface area contributed by atoms with Crippen molar-refractivity contribution in [2.75, 3.05) is 20.8 Å². The van der Waals surface area contributed by atoms with Gasteiger partial charge >= 0.3 is 0 Å². The molecule has 3 rings (SSSR count). The lowest BCUT2D eigenvalue weighted by Crippen LogP contribution is -2.32. The standard InChI is InChI=1S/C21H21F2N3O4S/c1-4-26(20(28)12-5-7-13(8-6-12)31-21(22)23)11-18-24-15-10-17(30-3)16(29-2)9-14(15)19(27)25-18/h5-10,21H,4,11H2,1-3H3,(H,24,25,27). The van der Waals surface area contributed by atoms with Gasteiger partial charge in [-0.2, -0.15) is 8.78 Å². The zero-order valence-electron chi connectivity index (χ0n) is 17.1. The van der Waals surface area contributed by atoms with Crippen LogP contribution >= 0.6 is 11.8 Å². The van der Waals surface area contributed by atoms with Crippen LogP contribution in [0.15, 0.2) is 46.1 Å². The minimum atomic E-state index is -2.52. The number of methoxy groups -OCH3 is 2. The number of nitrogens with one attached hydrogen (secondary N) is 1. The fraction of sp³-hybridized carbons (Fsp3) is 0.286. The van der Waals surface area contributed by atoms with Gasteiger partial charge in [0.05, 0.1) is 31.7 Å². The molecule has 0 aliphatic carbocycles. The van der Waals surface area contributed by atoms with Crippen LogP contribution in [-0.2, 0) is 6.54 Å². The number of fused-ring (bicyclic) bond motifs is 1. The summed E-state index contributed by atoms with van der Waals surface area (Å²) in [5.41, 5.74) is 0.404. The summed E-state index contributed by atoms with van der Waals surface area (Å²) in [5.74, 6) is -1.67. The number of hydrogen-bond acceptors (Lipinski definition) is 6. The minimum absolute atomic E-state index is 0.0718. The number of H-pyrrole nitrogens is 1. The molecule has 0 bridgehead atoms. The second kappa shape index (κ2) is 9.78. The Morgan fingerprint density at radius 2 is 1.81 bits per heavy atom. The van der Waals surface area contributed by atoms with E-state index in [1.54, 1.807) is 19.1 Å². The molecule has 0 unspecified atom stereocenters. The second-order valence-electron chi connectivity index (χ2n) is 6.46. The predicted molar refractivity (Wildman–Crippen MR) is 114 cm³/mol. The topological polar surface area (TPSA) is 84.5 Å². The molecule has 0 fully saturated rings. The zero-order valence-corrected chi connectivity index (χ0v) is 18.0. The van der Waals surface area contributed by atoms with Crippen molar-refractivity contribution in [2.45, 2.75) is 24.1 Å². The second-order valence-corrected chi connectivity index (χ2v) is 7.52. The van der Waals surface area contributed by atoms with E-state index in [9.17, 15) is 18.4 Å². The number of carbonyl (C=O) groups is 1. The maximum absolute atomic E-state index is 12.9. The van der Waals surface area contributed by atoms with Crippen molar-refractivity contribution in [3.8, 4) is 11.5 Å². The molecule has 1 N–H and O–H groups in total. The van der Waals surface area contributed by atoms with Gasteiger partial charge < -0.3 is 19.4 Å². The fourth-order valence-corrected chi connectivity index (χ4v) is 3.56. The summed E-state index contributed by atoms with van der Waals surface area (Å²) in [7, 11) is 2.96. The number of alkyl halides is 2. The summed E-state index contributed by atoms with van der Waals surface area (Å²) in [6.45, 7) is 2.23. The first-order chi connectivity index (χ1) is 14.9. The molecular formula is C21H21F2N3O4S. The Bertz CT molecular complexity index is 1140. The lowest BCUT2D eigenvalue weighted by Gasteiger charge is -2.20. The number of benzene rings is 2. The molecule has 0 aliphatic heterocycles. The molecule has 2 aromatic carbocycles. The zero-order chi connectivity index (χ0) is 22.5. The highest BCUT2D eigenvalue weighted by molar-refractivity contribution is 7.99. The maximum atomic E-state index is 12.9. The van der Waals surface area contributed by atoms with Crippen LogP contribution in [0, 0.1) is 0 Å². The first-order valence-corrected chi connectivity index (χ1v) is 10.2. The lowest BCUT2D eigenvalue weighted by atomic mass is 10.2. The van der Waals surface area contributed by atoms with Crippen LogP contribution in [0.1, 0.15) is 23.1 Å². The Morgan fingerprint density at radius 1 is 1.16 bits per heavy atom. The molecule has 10 heteroatoms. The van der Waals surface area contributed by atoms with E-state index < -0.39 is 5.76 Å². The molecule has 0 saturated heterocycles. The van der Waals surface area contributed by atoms with E-state index in [1.807, 2.05) is 0 Å². The minimum Gasteiger partial charge on any atom is -0.493 e. The van der Waals surface area contributed by atoms with E-state index in [2.05, 4.69) is 9.97 Å². The van der Waals surface area contributed by atoms with Gasteiger partial charge in [-0.05, 0) is 37.3 Å². The van der Waals surface area contributed by atoms with Crippen LogP contribution in [0.2, 0.25) is 0 Å². The van der Waals surface area contributed by atoms with Crippen LogP contribution < -0.4 is 15.0 Å². The van der Waals surface area contributed by atoms with Crippen molar-refractivity contribution in [1.29, 1.82) is 0 Å². The van der Waals surface area contributed by atoms with E-state index in [1.165, 1.54) is 43.4 Å². The third-order valence-corrected chi connectivity index (χ3v) is 5.32. The molecule has 0 saturated carbocycles. The van der Waals surface area contributed by atoms with Crippen molar-refractivity contribution < 1.29 is 23.0 Å². The van der Waals surface area contributed by atoms with Gasteiger partial charge in [0.15, 0.2) is 11.5 Å². The van der Waals surface area contributed by atoms with E-state index in [0.717, 1.165) is 0 Å². The molecular weight excluding hydrogens is 428 g/mol. The Labute approximate surface area is 181 Å². The highest BCUT2D eigenvalue weighted by atomic mass is 32.2. The maximum Gasteiger partial charge on any atom is 0.288 e. The highest BCUT2D eigenvalue weighted by Crippen LogP contribution is 2.30. The molecule has 0 spiro atoms. The normalized spacial score (nSPS) is 11.0. The Balaban J connectivity index is 1.86. The number of aromatic nitrogens is 2. The molecule has 1 aromatic heterocycles. The monoisotopic (exact) mass is 449 g/mol.